The Morgan fingerprint density at radius 1 is 1.23 bits per heavy atom. The Labute approximate surface area is 152 Å². The van der Waals surface area contributed by atoms with Crippen LogP contribution in [0.4, 0.5) is 4.79 Å². The largest absolute Gasteiger partial charge is 0.335 e. The topological polar surface area (TPSA) is 118 Å². The molecular formula is C16H24N4O5S. The molecule has 1 saturated heterocycles. The standard InChI is InChI=1S/C16H24N4O5S/c1-3-12(2)17-16(23)18-14(21)11-19-10-13(6-7-15(19)22)26(24,25)20-8-4-5-9-20/h6-7,10,12H,3-5,8-9,11H2,1-2H3,(H2,17,18,21,23)/t12-/m0/s1. The molecule has 144 valence electrons. The van der Waals surface area contributed by atoms with Crippen LogP contribution < -0.4 is 16.2 Å². The summed E-state index contributed by atoms with van der Waals surface area (Å²) in [4.78, 5) is 35.5. The molecule has 2 rings (SSSR count). The number of nitrogens with zero attached hydrogens (tertiary/aromatic N) is 2. The van der Waals surface area contributed by atoms with E-state index in [1.54, 1.807) is 6.92 Å². The lowest BCUT2D eigenvalue weighted by Gasteiger charge is -2.16. The van der Waals surface area contributed by atoms with Crippen LogP contribution in [0.5, 0.6) is 0 Å². The molecule has 0 unspecified atom stereocenters. The van der Waals surface area contributed by atoms with Crippen LogP contribution in [0.2, 0.25) is 0 Å². The maximum Gasteiger partial charge on any atom is 0.321 e. The molecule has 0 spiro atoms. The second-order valence-electron chi connectivity index (χ2n) is 6.27. The van der Waals surface area contributed by atoms with Gasteiger partial charge in [-0.1, -0.05) is 6.92 Å². The van der Waals surface area contributed by atoms with Crippen molar-refractivity contribution >= 4 is 22.0 Å². The van der Waals surface area contributed by atoms with Crippen molar-refractivity contribution in [2.24, 2.45) is 0 Å². The van der Waals surface area contributed by atoms with E-state index in [2.05, 4.69) is 10.6 Å². The van der Waals surface area contributed by atoms with Gasteiger partial charge in [-0.05, 0) is 32.3 Å². The number of amides is 3. The van der Waals surface area contributed by atoms with Crippen LogP contribution in [-0.4, -0.2) is 48.4 Å². The SMILES string of the molecule is CC[C@H](C)NC(=O)NC(=O)Cn1cc(S(=O)(=O)N2CCCC2)ccc1=O. The summed E-state index contributed by atoms with van der Waals surface area (Å²) >= 11 is 0. The van der Waals surface area contributed by atoms with Gasteiger partial charge in [0.2, 0.25) is 15.9 Å². The van der Waals surface area contributed by atoms with E-state index in [0.29, 0.717) is 19.5 Å². The summed E-state index contributed by atoms with van der Waals surface area (Å²) in [5.74, 6) is -0.705. The molecule has 3 amide bonds. The zero-order chi connectivity index (χ0) is 19.3. The molecule has 1 fully saturated rings. The van der Waals surface area contributed by atoms with Gasteiger partial charge in [-0.3, -0.25) is 14.9 Å². The van der Waals surface area contributed by atoms with Gasteiger partial charge in [0, 0.05) is 31.4 Å². The smallest absolute Gasteiger partial charge is 0.321 e. The third kappa shape index (κ3) is 4.92. The molecule has 0 saturated carbocycles. The van der Waals surface area contributed by atoms with Crippen LogP contribution in [0.1, 0.15) is 33.1 Å². The molecule has 1 aliphatic rings. The molecule has 9 nitrogen and oxygen atoms in total. The van der Waals surface area contributed by atoms with Gasteiger partial charge in [0.25, 0.3) is 5.56 Å². The lowest BCUT2D eigenvalue weighted by Crippen LogP contribution is -2.45. The van der Waals surface area contributed by atoms with Gasteiger partial charge in [0.05, 0.1) is 4.90 Å². The summed E-state index contributed by atoms with van der Waals surface area (Å²) in [7, 11) is -3.69. The van der Waals surface area contributed by atoms with Gasteiger partial charge in [-0.2, -0.15) is 4.31 Å². The highest BCUT2D eigenvalue weighted by atomic mass is 32.2. The fraction of sp³-hybridized carbons (Fsp3) is 0.562. The fourth-order valence-electron chi connectivity index (χ4n) is 2.55. The summed E-state index contributed by atoms with van der Waals surface area (Å²) < 4.78 is 27.5. The molecule has 0 aromatic carbocycles. The Morgan fingerprint density at radius 3 is 2.50 bits per heavy atom. The van der Waals surface area contributed by atoms with Gasteiger partial charge in [0.15, 0.2) is 0 Å². The normalized spacial score (nSPS) is 16.2. The summed E-state index contributed by atoms with van der Waals surface area (Å²) in [6, 6.07) is 1.59. The van der Waals surface area contributed by atoms with E-state index in [-0.39, 0.29) is 10.9 Å². The van der Waals surface area contributed by atoms with Crippen molar-refractivity contribution in [3.05, 3.63) is 28.7 Å². The number of carbonyl (C=O) groups is 2. The third-order valence-corrected chi connectivity index (χ3v) is 6.10. The van der Waals surface area contributed by atoms with Crippen molar-refractivity contribution in [3.63, 3.8) is 0 Å². The molecule has 0 radical (unpaired) electrons. The number of imide groups is 1. The minimum atomic E-state index is -3.69. The maximum atomic E-state index is 12.6. The second-order valence-corrected chi connectivity index (χ2v) is 8.21. The van der Waals surface area contributed by atoms with Gasteiger partial charge in [-0.15, -0.1) is 0 Å². The van der Waals surface area contributed by atoms with Crippen LogP contribution in [0.25, 0.3) is 0 Å². The lowest BCUT2D eigenvalue weighted by molar-refractivity contribution is -0.120. The summed E-state index contributed by atoms with van der Waals surface area (Å²) in [5, 5.41) is 4.70. The van der Waals surface area contributed by atoms with Gasteiger partial charge in [-0.25, -0.2) is 13.2 Å². The van der Waals surface area contributed by atoms with Crippen molar-refractivity contribution < 1.29 is 18.0 Å². The van der Waals surface area contributed by atoms with Crippen molar-refractivity contribution in [1.29, 1.82) is 0 Å². The zero-order valence-electron chi connectivity index (χ0n) is 14.9. The van der Waals surface area contributed by atoms with Crippen LogP contribution in [-0.2, 0) is 21.4 Å². The van der Waals surface area contributed by atoms with Crippen LogP contribution >= 0.6 is 0 Å². The van der Waals surface area contributed by atoms with E-state index in [1.165, 1.54) is 10.4 Å². The van der Waals surface area contributed by atoms with Crippen molar-refractivity contribution in [2.75, 3.05) is 13.1 Å². The second kappa shape index (κ2) is 8.45. The number of carbonyl (C=O) groups excluding carboxylic acids is 2. The Morgan fingerprint density at radius 2 is 1.88 bits per heavy atom. The number of rotatable bonds is 6. The number of nitrogens with one attached hydrogen (secondary N) is 2. The zero-order valence-corrected chi connectivity index (χ0v) is 15.7. The molecule has 1 aromatic heterocycles. The summed E-state index contributed by atoms with van der Waals surface area (Å²) in [6.07, 6.45) is 3.44. The van der Waals surface area contributed by atoms with E-state index in [4.69, 9.17) is 0 Å². The van der Waals surface area contributed by atoms with E-state index >= 15 is 0 Å². The molecule has 0 bridgehead atoms. The fourth-order valence-corrected chi connectivity index (χ4v) is 4.08. The Balaban J connectivity index is 2.11. The molecule has 1 aliphatic heterocycles. The third-order valence-electron chi connectivity index (χ3n) is 4.22. The molecule has 10 heteroatoms. The first kappa shape index (κ1) is 20.1. The molecule has 0 aliphatic carbocycles. The minimum absolute atomic E-state index is 0.0455. The van der Waals surface area contributed by atoms with Crippen molar-refractivity contribution in [2.45, 2.75) is 50.6 Å². The Hall–Kier alpha value is -2.20. The van der Waals surface area contributed by atoms with Crippen LogP contribution in [0, 0.1) is 0 Å². The van der Waals surface area contributed by atoms with Crippen LogP contribution in [0.3, 0.4) is 0 Å². The quantitative estimate of drug-likeness (QED) is 0.729. The Bertz CT molecular complexity index is 827. The number of hydrogen-bond acceptors (Lipinski definition) is 5. The number of sulfonamides is 1. The van der Waals surface area contributed by atoms with Crippen LogP contribution in [0.15, 0.2) is 28.0 Å². The Kier molecular flexibility index (Phi) is 6.54. The summed E-state index contributed by atoms with van der Waals surface area (Å²) in [5.41, 5.74) is -0.525. The van der Waals surface area contributed by atoms with Crippen molar-refractivity contribution in [1.82, 2.24) is 19.5 Å². The van der Waals surface area contributed by atoms with E-state index in [1.807, 2.05) is 6.92 Å². The first-order valence-electron chi connectivity index (χ1n) is 8.55. The summed E-state index contributed by atoms with van der Waals surface area (Å²) in [6.45, 7) is 4.12. The molecule has 1 atom stereocenters. The number of hydrogen-bond donors (Lipinski definition) is 2. The van der Waals surface area contributed by atoms with Crippen molar-refractivity contribution in [3.8, 4) is 0 Å². The number of pyridine rings is 1. The first-order chi connectivity index (χ1) is 12.2. The molecule has 26 heavy (non-hydrogen) atoms. The average Bonchev–Trinajstić information content (AvgIpc) is 3.11. The number of aromatic nitrogens is 1. The number of urea groups is 1. The predicted octanol–water partition coefficient (Wildman–Crippen LogP) is 0.257. The van der Waals surface area contributed by atoms with Gasteiger partial charge in [0.1, 0.15) is 6.54 Å². The highest BCUT2D eigenvalue weighted by Crippen LogP contribution is 2.19. The predicted molar refractivity (Wildman–Crippen MR) is 95.1 cm³/mol. The highest BCUT2D eigenvalue weighted by molar-refractivity contribution is 7.89. The van der Waals surface area contributed by atoms with Gasteiger partial charge < -0.3 is 9.88 Å². The lowest BCUT2D eigenvalue weighted by atomic mass is 10.3. The molecule has 2 heterocycles. The highest BCUT2D eigenvalue weighted by Gasteiger charge is 2.27. The molecule has 2 N–H and O–H groups in total. The van der Waals surface area contributed by atoms with E-state index < -0.39 is 34.1 Å². The first-order valence-corrected chi connectivity index (χ1v) is 9.99. The molecular weight excluding hydrogens is 360 g/mol. The van der Waals surface area contributed by atoms with E-state index in [9.17, 15) is 22.8 Å². The monoisotopic (exact) mass is 384 g/mol. The van der Waals surface area contributed by atoms with Gasteiger partial charge >= 0.3 is 6.03 Å². The average molecular weight is 384 g/mol. The molecule has 1 aromatic rings. The minimum Gasteiger partial charge on any atom is -0.335 e. The maximum absolute atomic E-state index is 12.6. The van der Waals surface area contributed by atoms with E-state index in [0.717, 1.165) is 29.7 Å².